The van der Waals surface area contributed by atoms with Gasteiger partial charge in [0.05, 0.1) is 18.0 Å². The minimum atomic E-state index is -1.04. The molecule has 2 unspecified atom stereocenters. The van der Waals surface area contributed by atoms with Crippen molar-refractivity contribution in [1.29, 1.82) is 0 Å². The summed E-state index contributed by atoms with van der Waals surface area (Å²) in [6, 6.07) is 18.6. The average molecular weight is 420 g/mol. The lowest BCUT2D eigenvalue weighted by Gasteiger charge is -2.42. The minimum Gasteiger partial charge on any atom is -0.465 e. The molecule has 2 amide bonds. The van der Waals surface area contributed by atoms with Crippen molar-refractivity contribution in [1.82, 2.24) is 10.2 Å². The van der Waals surface area contributed by atoms with Crippen LogP contribution >= 0.6 is 0 Å². The average Bonchev–Trinajstić information content (AvgIpc) is 3.24. The number of carbonyl (C=O) groups is 2. The molecule has 0 spiro atoms. The van der Waals surface area contributed by atoms with Gasteiger partial charge >= 0.3 is 6.09 Å². The number of rotatable bonds is 3. The zero-order valence-corrected chi connectivity index (χ0v) is 17.5. The second-order valence-electron chi connectivity index (χ2n) is 9.00. The first-order chi connectivity index (χ1) is 15.1. The molecule has 0 bridgehead atoms. The van der Waals surface area contributed by atoms with Crippen LogP contribution < -0.4 is 10.6 Å². The highest BCUT2D eigenvalue weighted by Crippen LogP contribution is 2.51. The predicted molar refractivity (Wildman–Crippen MR) is 119 cm³/mol. The SMILES string of the molecule is O=C(O)NC1CCCCC1C(=O)N1CC[C@@H]2[C@H](c3ccccc3)Nc3ccccc3[C@@H]21. The molecule has 2 heterocycles. The Kier molecular flexibility index (Phi) is 5.30. The number of likely N-dealkylation sites (tertiary alicyclic amines) is 1. The van der Waals surface area contributed by atoms with Gasteiger partial charge < -0.3 is 20.6 Å². The number of benzene rings is 2. The van der Waals surface area contributed by atoms with E-state index < -0.39 is 6.09 Å². The fourth-order valence-electron chi connectivity index (χ4n) is 5.93. The number of anilines is 1. The molecule has 2 aromatic rings. The van der Waals surface area contributed by atoms with E-state index in [0.29, 0.717) is 6.54 Å². The summed E-state index contributed by atoms with van der Waals surface area (Å²) in [5.41, 5.74) is 3.50. The van der Waals surface area contributed by atoms with Crippen molar-refractivity contribution >= 4 is 17.7 Å². The monoisotopic (exact) mass is 419 g/mol. The van der Waals surface area contributed by atoms with Crippen LogP contribution in [0.3, 0.4) is 0 Å². The van der Waals surface area contributed by atoms with Gasteiger partial charge in [-0.1, -0.05) is 61.4 Å². The fourth-order valence-corrected chi connectivity index (χ4v) is 5.93. The Hall–Kier alpha value is -3.02. The van der Waals surface area contributed by atoms with E-state index in [4.69, 9.17) is 0 Å². The van der Waals surface area contributed by atoms with Crippen LogP contribution in [0.1, 0.15) is 55.3 Å². The summed E-state index contributed by atoms with van der Waals surface area (Å²) in [5.74, 6) is 0.117. The summed E-state index contributed by atoms with van der Waals surface area (Å²) in [4.78, 5) is 27.1. The van der Waals surface area contributed by atoms with E-state index in [1.807, 2.05) is 23.1 Å². The van der Waals surface area contributed by atoms with E-state index in [2.05, 4.69) is 47.0 Å². The lowest BCUT2D eigenvalue weighted by atomic mass is 9.79. The summed E-state index contributed by atoms with van der Waals surface area (Å²) in [7, 11) is 0. The third-order valence-electron chi connectivity index (χ3n) is 7.30. The minimum absolute atomic E-state index is 0.0163. The third kappa shape index (κ3) is 3.64. The summed E-state index contributed by atoms with van der Waals surface area (Å²) in [5, 5.41) is 15.6. The smallest absolute Gasteiger partial charge is 0.404 e. The van der Waals surface area contributed by atoms with E-state index in [1.165, 1.54) is 11.1 Å². The summed E-state index contributed by atoms with van der Waals surface area (Å²) < 4.78 is 0. The number of carbonyl (C=O) groups excluding carboxylic acids is 1. The molecule has 3 N–H and O–H groups in total. The van der Waals surface area contributed by atoms with E-state index in [1.54, 1.807) is 0 Å². The molecule has 6 heteroatoms. The van der Waals surface area contributed by atoms with Gasteiger partial charge in [0.15, 0.2) is 0 Å². The van der Waals surface area contributed by atoms with Crippen molar-refractivity contribution in [2.45, 2.75) is 50.2 Å². The van der Waals surface area contributed by atoms with E-state index in [0.717, 1.165) is 37.8 Å². The fraction of sp³-hybridized carbons (Fsp3) is 0.440. The van der Waals surface area contributed by atoms with Crippen LogP contribution in [0, 0.1) is 11.8 Å². The van der Waals surface area contributed by atoms with Crippen LogP contribution in [0.15, 0.2) is 54.6 Å². The summed E-state index contributed by atoms with van der Waals surface area (Å²) in [6.45, 7) is 0.712. The van der Waals surface area contributed by atoms with Crippen LogP contribution in [-0.2, 0) is 4.79 Å². The second-order valence-corrected chi connectivity index (χ2v) is 9.00. The Labute approximate surface area is 182 Å². The lowest BCUT2D eigenvalue weighted by Crippen LogP contribution is -2.49. The molecule has 0 aromatic heterocycles. The second kappa shape index (κ2) is 8.25. The Balaban J connectivity index is 1.48. The number of hydrogen-bond donors (Lipinski definition) is 3. The van der Waals surface area contributed by atoms with Gasteiger partial charge in [-0.25, -0.2) is 4.79 Å². The highest BCUT2D eigenvalue weighted by Gasteiger charge is 2.48. The number of fused-ring (bicyclic) bond motifs is 3. The standard InChI is InChI=1S/C25H29N3O3/c29-24(18-11-5-7-13-21(18)27-25(30)31)28-15-14-19-22(16-8-2-1-3-9-16)26-20-12-6-4-10-17(20)23(19)28/h1-4,6,8-10,12,18-19,21-23,26-27H,5,7,11,13-15H2,(H,30,31)/t18?,19-,21?,22+,23+/m1/s1. The van der Waals surface area contributed by atoms with Crippen molar-refractivity contribution in [3.8, 4) is 0 Å². The molecule has 0 radical (unpaired) electrons. The number of para-hydroxylation sites is 1. The zero-order valence-electron chi connectivity index (χ0n) is 17.5. The molecule has 2 fully saturated rings. The Morgan fingerprint density at radius 2 is 1.71 bits per heavy atom. The van der Waals surface area contributed by atoms with Crippen LogP contribution in [-0.4, -0.2) is 34.6 Å². The summed E-state index contributed by atoms with van der Waals surface area (Å²) >= 11 is 0. The Morgan fingerprint density at radius 1 is 0.968 bits per heavy atom. The molecule has 3 aliphatic rings. The number of carboxylic acid groups (broad SMARTS) is 1. The van der Waals surface area contributed by atoms with Crippen molar-refractivity contribution in [3.63, 3.8) is 0 Å². The molecule has 1 saturated heterocycles. The summed E-state index contributed by atoms with van der Waals surface area (Å²) in [6.07, 6.45) is 3.31. The maximum absolute atomic E-state index is 13.8. The van der Waals surface area contributed by atoms with Crippen molar-refractivity contribution < 1.29 is 14.7 Å². The maximum Gasteiger partial charge on any atom is 0.404 e. The van der Waals surface area contributed by atoms with E-state index in [-0.39, 0.29) is 35.9 Å². The number of nitrogens with zero attached hydrogens (tertiary/aromatic N) is 1. The first-order valence-electron chi connectivity index (χ1n) is 11.3. The van der Waals surface area contributed by atoms with E-state index in [9.17, 15) is 14.7 Å². The number of hydrogen-bond acceptors (Lipinski definition) is 3. The normalized spacial score (nSPS) is 29.4. The molecule has 2 aliphatic heterocycles. The van der Waals surface area contributed by atoms with Gasteiger partial charge in [0, 0.05) is 24.2 Å². The van der Waals surface area contributed by atoms with Gasteiger partial charge in [0.25, 0.3) is 0 Å². The topological polar surface area (TPSA) is 81.7 Å². The van der Waals surface area contributed by atoms with Gasteiger partial charge in [0.2, 0.25) is 5.91 Å². The van der Waals surface area contributed by atoms with E-state index >= 15 is 0 Å². The molecule has 5 rings (SSSR count). The van der Waals surface area contributed by atoms with Gasteiger partial charge in [-0.05, 0) is 36.5 Å². The quantitative estimate of drug-likeness (QED) is 0.681. The molecular weight excluding hydrogens is 390 g/mol. The van der Waals surface area contributed by atoms with Gasteiger partial charge in [-0.3, -0.25) is 4.79 Å². The molecule has 6 nitrogen and oxygen atoms in total. The van der Waals surface area contributed by atoms with Gasteiger partial charge in [-0.2, -0.15) is 0 Å². The highest BCUT2D eigenvalue weighted by molar-refractivity contribution is 5.82. The molecule has 1 saturated carbocycles. The lowest BCUT2D eigenvalue weighted by molar-refractivity contribution is -0.138. The van der Waals surface area contributed by atoms with Crippen LogP contribution in [0.2, 0.25) is 0 Å². The van der Waals surface area contributed by atoms with Gasteiger partial charge in [-0.15, -0.1) is 0 Å². The van der Waals surface area contributed by atoms with Crippen molar-refractivity contribution in [2.75, 3.05) is 11.9 Å². The Morgan fingerprint density at radius 3 is 2.52 bits per heavy atom. The number of nitrogens with one attached hydrogen (secondary N) is 2. The molecule has 1 aliphatic carbocycles. The van der Waals surface area contributed by atoms with Crippen LogP contribution in [0.25, 0.3) is 0 Å². The third-order valence-corrected chi connectivity index (χ3v) is 7.30. The zero-order chi connectivity index (χ0) is 21.4. The molecule has 162 valence electrons. The molecule has 5 atom stereocenters. The number of amides is 2. The van der Waals surface area contributed by atoms with Crippen molar-refractivity contribution in [2.24, 2.45) is 11.8 Å². The molecule has 31 heavy (non-hydrogen) atoms. The molecular formula is C25H29N3O3. The highest BCUT2D eigenvalue weighted by atomic mass is 16.4. The van der Waals surface area contributed by atoms with Crippen LogP contribution in [0.5, 0.6) is 0 Å². The molecule has 2 aromatic carbocycles. The first-order valence-corrected chi connectivity index (χ1v) is 11.3. The maximum atomic E-state index is 13.8. The Bertz CT molecular complexity index is 963. The van der Waals surface area contributed by atoms with Crippen molar-refractivity contribution in [3.05, 3.63) is 65.7 Å². The largest absolute Gasteiger partial charge is 0.465 e. The van der Waals surface area contributed by atoms with Gasteiger partial charge in [0.1, 0.15) is 0 Å². The predicted octanol–water partition coefficient (Wildman–Crippen LogP) is 4.57. The van der Waals surface area contributed by atoms with Crippen LogP contribution in [0.4, 0.5) is 10.5 Å². The first kappa shape index (κ1) is 19.9.